The SMILES string of the molecule is CCOC(=O)[C@@]12C(=O)CCC[C@@H]1CC(O[Si](C)(C)C(C)(C)C)=C1[C@@H]2CC[C@]2(C)C(O[Si](C)(C)C(C)(C)C)=CC[C@]12O. The fourth-order valence-corrected chi connectivity index (χ4v) is 9.72. The number of aliphatic hydroxyl groups is 1. The Morgan fingerprint density at radius 1 is 1.02 bits per heavy atom. The molecule has 1 N–H and O–H groups in total. The normalized spacial score (nSPS) is 34.4. The lowest BCUT2D eigenvalue weighted by Crippen LogP contribution is -2.64. The summed E-state index contributed by atoms with van der Waals surface area (Å²) in [5.74, 6) is 0.660. The number of hydrogen-bond donors (Lipinski definition) is 1. The van der Waals surface area contributed by atoms with Crippen molar-refractivity contribution in [2.24, 2.45) is 22.7 Å². The number of carbonyl (C=O) groups is 2. The zero-order valence-corrected chi connectivity index (χ0v) is 29.9. The Morgan fingerprint density at radius 2 is 1.61 bits per heavy atom. The van der Waals surface area contributed by atoms with Crippen LogP contribution in [0.1, 0.15) is 100 Å². The van der Waals surface area contributed by atoms with Crippen LogP contribution in [0.3, 0.4) is 0 Å². The van der Waals surface area contributed by atoms with Gasteiger partial charge in [-0.15, -0.1) is 0 Å². The molecule has 2 fully saturated rings. The molecule has 0 amide bonds. The van der Waals surface area contributed by atoms with Gasteiger partial charge in [-0.1, -0.05) is 41.5 Å². The van der Waals surface area contributed by atoms with Crippen LogP contribution in [0.4, 0.5) is 0 Å². The molecule has 0 aromatic rings. The molecule has 0 radical (unpaired) electrons. The van der Waals surface area contributed by atoms with Crippen LogP contribution < -0.4 is 0 Å². The van der Waals surface area contributed by atoms with E-state index in [1.807, 2.05) is 0 Å². The highest BCUT2D eigenvalue weighted by Crippen LogP contribution is 2.68. The smallest absolute Gasteiger partial charge is 0.320 e. The standard InChI is InChI=1S/C33H56O6Si2/c1-13-37-28(35)33-22(15-14-16-25(33)34)21-24(38-40(9,10)29(2,3)4)27-23(33)17-19-31(8)26(18-20-32(27,31)36)39-41(11,12)30(5,6)7/h18,22-23,36H,13-17,19-21H2,1-12H3/t22-,23+,31-,32+,33+/m1/s1. The summed E-state index contributed by atoms with van der Waals surface area (Å²) in [7, 11) is -4.48. The molecule has 0 aromatic heterocycles. The average molecular weight is 605 g/mol. The van der Waals surface area contributed by atoms with Gasteiger partial charge in [0.05, 0.1) is 23.5 Å². The Bertz CT molecular complexity index is 1160. The van der Waals surface area contributed by atoms with Gasteiger partial charge in [0.15, 0.2) is 5.78 Å². The van der Waals surface area contributed by atoms with E-state index in [1.54, 1.807) is 6.92 Å². The predicted octanol–water partition coefficient (Wildman–Crippen LogP) is 8.04. The van der Waals surface area contributed by atoms with Crippen LogP contribution in [0, 0.1) is 22.7 Å². The molecule has 0 heterocycles. The topological polar surface area (TPSA) is 82.1 Å². The van der Waals surface area contributed by atoms with Gasteiger partial charge >= 0.3 is 5.97 Å². The minimum absolute atomic E-state index is 0.0124. The number of hydrogen-bond acceptors (Lipinski definition) is 6. The van der Waals surface area contributed by atoms with Crippen LogP contribution >= 0.6 is 0 Å². The molecule has 0 spiro atoms. The van der Waals surface area contributed by atoms with E-state index in [-0.39, 0.29) is 28.4 Å². The Labute approximate surface area is 250 Å². The first-order valence-electron chi connectivity index (χ1n) is 15.9. The van der Waals surface area contributed by atoms with Crippen LogP contribution in [-0.4, -0.2) is 45.7 Å². The first kappa shape index (κ1) is 32.5. The Kier molecular flexibility index (Phi) is 8.00. The molecule has 4 rings (SSSR count). The molecule has 0 unspecified atom stereocenters. The predicted molar refractivity (Wildman–Crippen MR) is 168 cm³/mol. The quantitative estimate of drug-likeness (QED) is 0.188. The average Bonchev–Trinajstić information content (AvgIpc) is 3.07. The third-order valence-electron chi connectivity index (χ3n) is 12.1. The Morgan fingerprint density at radius 3 is 2.17 bits per heavy atom. The van der Waals surface area contributed by atoms with Crippen LogP contribution in [0.2, 0.25) is 36.3 Å². The van der Waals surface area contributed by atoms with Gasteiger partial charge in [0, 0.05) is 30.8 Å². The summed E-state index contributed by atoms with van der Waals surface area (Å²) in [6.45, 7) is 26.5. The summed E-state index contributed by atoms with van der Waals surface area (Å²) >= 11 is 0. The number of esters is 1. The fraction of sp³-hybridized carbons (Fsp3) is 0.818. The van der Waals surface area contributed by atoms with Crippen molar-refractivity contribution in [2.45, 2.75) is 142 Å². The van der Waals surface area contributed by atoms with E-state index in [4.69, 9.17) is 13.6 Å². The van der Waals surface area contributed by atoms with E-state index in [2.05, 4.69) is 80.7 Å². The monoisotopic (exact) mass is 604 g/mol. The number of fused-ring (bicyclic) bond motifs is 5. The van der Waals surface area contributed by atoms with E-state index >= 15 is 0 Å². The number of Topliss-reactive ketones (excluding diaryl/α,β-unsaturated/α-hetero) is 1. The van der Waals surface area contributed by atoms with Crippen molar-refractivity contribution in [2.75, 3.05) is 6.61 Å². The van der Waals surface area contributed by atoms with Gasteiger partial charge < -0.3 is 18.7 Å². The maximum absolute atomic E-state index is 14.0. The van der Waals surface area contributed by atoms with E-state index in [9.17, 15) is 14.7 Å². The van der Waals surface area contributed by atoms with Crippen LogP contribution in [-0.2, 0) is 23.2 Å². The highest BCUT2D eigenvalue weighted by molar-refractivity contribution is 6.74. The van der Waals surface area contributed by atoms with Crippen LogP contribution in [0.25, 0.3) is 0 Å². The molecule has 232 valence electrons. The molecule has 4 aliphatic carbocycles. The van der Waals surface area contributed by atoms with Gasteiger partial charge in [-0.25, -0.2) is 0 Å². The number of carbonyl (C=O) groups excluding carboxylic acids is 2. The fourth-order valence-electron chi connectivity index (χ4n) is 7.44. The minimum Gasteiger partial charge on any atom is -0.546 e. The van der Waals surface area contributed by atoms with Crippen molar-refractivity contribution >= 4 is 28.4 Å². The summed E-state index contributed by atoms with van der Waals surface area (Å²) in [4.78, 5) is 28.0. The second-order valence-electron chi connectivity index (χ2n) is 16.4. The first-order chi connectivity index (χ1) is 18.6. The van der Waals surface area contributed by atoms with Gasteiger partial charge in [0.25, 0.3) is 0 Å². The van der Waals surface area contributed by atoms with Gasteiger partial charge in [0.2, 0.25) is 16.6 Å². The van der Waals surface area contributed by atoms with E-state index < -0.39 is 45.0 Å². The lowest BCUT2D eigenvalue weighted by atomic mass is 9.46. The second-order valence-corrected chi connectivity index (χ2v) is 25.9. The highest BCUT2D eigenvalue weighted by atomic mass is 28.4. The van der Waals surface area contributed by atoms with Crippen molar-refractivity contribution in [1.82, 2.24) is 0 Å². The number of ketones is 1. The summed E-state index contributed by atoms with van der Waals surface area (Å²) in [5, 5.41) is 13.0. The maximum Gasteiger partial charge on any atom is 0.320 e. The minimum atomic E-state index is -2.30. The maximum atomic E-state index is 14.0. The summed E-state index contributed by atoms with van der Waals surface area (Å²) in [6, 6.07) is 0. The zero-order valence-electron chi connectivity index (χ0n) is 27.9. The molecule has 0 saturated heterocycles. The molecule has 5 atom stereocenters. The summed E-state index contributed by atoms with van der Waals surface area (Å²) < 4.78 is 19.8. The molecule has 8 heteroatoms. The van der Waals surface area contributed by atoms with Crippen molar-refractivity contribution < 1.29 is 28.3 Å². The molecule has 0 aliphatic heterocycles. The van der Waals surface area contributed by atoms with Crippen molar-refractivity contribution in [3.8, 4) is 0 Å². The van der Waals surface area contributed by atoms with Crippen molar-refractivity contribution in [1.29, 1.82) is 0 Å². The molecule has 2 saturated carbocycles. The van der Waals surface area contributed by atoms with E-state index in [0.717, 1.165) is 29.9 Å². The number of allylic oxidation sites excluding steroid dienone is 1. The highest BCUT2D eigenvalue weighted by Gasteiger charge is 2.71. The number of rotatable bonds is 6. The largest absolute Gasteiger partial charge is 0.546 e. The van der Waals surface area contributed by atoms with Crippen molar-refractivity contribution in [3.63, 3.8) is 0 Å². The van der Waals surface area contributed by atoms with Gasteiger partial charge in [-0.3, -0.25) is 9.59 Å². The zero-order chi connectivity index (χ0) is 31.0. The lowest BCUT2D eigenvalue weighted by molar-refractivity contribution is -0.177. The third kappa shape index (κ3) is 4.73. The summed E-state index contributed by atoms with van der Waals surface area (Å²) in [5.41, 5.74) is -2.45. The van der Waals surface area contributed by atoms with E-state index in [0.29, 0.717) is 32.1 Å². The van der Waals surface area contributed by atoms with E-state index in [1.165, 1.54) is 0 Å². The molecule has 6 nitrogen and oxygen atoms in total. The lowest BCUT2D eigenvalue weighted by Gasteiger charge is -2.59. The molecule has 41 heavy (non-hydrogen) atoms. The van der Waals surface area contributed by atoms with Crippen molar-refractivity contribution in [3.05, 3.63) is 23.2 Å². The number of ether oxygens (including phenoxy) is 1. The third-order valence-corrected chi connectivity index (χ3v) is 20.8. The Balaban J connectivity index is 1.93. The molecule has 4 aliphatic rings. The Hall–Kier alpha value is -1.39. The molecular formula is C33H56O6Si2. The molecular weight excluding hydrogens is 549 g/mol. The van der Waals surface area contributed by atoms with Crippen LogP contribution in [0.15, 0.2) is 23.2 Å². The van der Waals surface area contributed by atoms with Crippen LogP contribution in [0.5, 0.6) is 0 Å². The first-order valence-corrected chi connectivity index (χ1v) is 21.7. The second kappa shape index (κ2) is 10.1. The van der Waals surface area contributed by atoms with Gasteiger partial charge in [-0.05, 0) is 87.8 Å². The van der Waals surface area contributed by atoms with Gasteiger partial charge in [0.1, 0.15) is 11.0 Å². The molecule has 0 aromatic carbocycles. The molecule has 0 bridgehead atoms. The summed E-state index contributed by atoms with van der Waals surface area (Å²) in [6.07, 6.45) is 6.14. The van der Waals surface area contributed by atoms with Gasteiger partial charge in [-0.2, -0.15) is 0 Å².